The van der Waals surface area contributed by atoms with E-state index in [4.69, 9.17) is 4.99 Å². The van der Waals surface area contributed by atoms with Gasteiger partial charge < -0.3 is 10.2 Å². The Labute approximate surface area is 194 Å². The number of thiophene rings is 1. The minimum Gasteiger partial charge on any atom is -0.372 e. The Morgan fingerprint density at radius 3 is 2.53 bits per heavy atom. The van der Waals surface area contributed by atoms with Gasteiger partial charge in [0.15, 0.2) is 0 Å². The highest BCUT2D eigenvalue weighted by atomic mass is 35.5. The molecule has 2 aromatic carbocycles. The number of hydrogen-bond donors (Lipinski definition) is 1. The minimum atomic E-state index is -4.43. The highest BCUT2D eigenvalue weighted by Crippen LogP contribution is 2.29. The molecule has 1 amide bonds. The third-order valence-corrected chi connectivity index (χ3v) is 5.82. The number of amides is 1. The topological polar surface area (TPSA) is 44.7 Å². The number of benzodiazepines with no additional fused rings is 1. The number of benzene rings is 2. The molecular weight excluding hydrogens is 459 g/mol. The molecule has 0 saturated carbocycles. The van der Waals surface area contributed by atoms with Crippen LogP contribution in [0.25, 0.3) is 0 Å². The molecule has 0 bridgehead atoms. The van der Waals surface area contributed by atoms with Crippen LogP contribution in [0.5, 0.6) is 0 Å². The molecule has 2 heterocycles. The zero-order chi connectivity index (χ0) is 22.0. The van der Waals surface area contributed by atoms with Gasteiger partial charge in [0, 0.05) is 47.9 Å². The molecule has 1 aromatic heterocycles. The van der Waals surface area contributed by atoms with Crippen molar-refractivity contribution in [2.75, 3.05) is 25.0 Å². The fraction of sp³-hybridized carbons (Fsp3) is 0.217. The van der Waals surface area contributed by atoms with Crippen LogP contribution in [-0.4, -0.2) is 37.8 Å². The van der Waals surface area contributed by atoms with Gasteiger partial charge in [0.1, 0.15) is 0 Å². The molecule has 1 aliphatic heterocycles. The Morgan fingerprint density at radius 1 is 1.16 bits per heavy atom. The highest BCUT2D eigenvalue weighted by Gasteiger charge is 2.30. The van der Waals surface area contributed by atoms with Crippen molar-refractivity contribution in [3.8, 4) is 0 Å². The van der Waals surface area contributed by atoms with Crippen LogP contribution in [0.2, 0.25) is 0 Å². The summed E-state index contributed by atoms with van der Waals surface area (Å²) in [7, 11) is 1.98. The van der Waals surface area contributed by atoms with E-state index < -0.39 is 17.6 Å². The van der Waals surface area contributed by atoms with Crippen molar-refractivity contribution in [3.63, 3.8) is 0 Å². The summed E-state index contributed by atoms with van der Waals surface area (Å²) >= 11 is 1.59. The minimum absolute atomic E-state index is 0. The lowest BCUT2D eigenvalue weighted by molar-refractivity contribution is -0.137. The molecule has 1 atom stereocenters. The molecule has 9 heteroatoms. The maximum Gasteiger partial charge on any atom is 0.416 e. The zero-order valence-corrected chi connectivity index (χ0v) is 18.7. The van der Waals surface area contributed by atoms with Crippen molar-refractivity contribution in [2.45, 2.75) is 12.2 Å². The molecular formula is C23H21ClF3N3OS. The van der Waals surface area contributed by atoms with Gasteiger partial charge in [0.25, 0.3) is 5.91 Å². The summed E-state index contributed by atoms with van der Waals surface area (Å²) in [5.41, 5.74) is 3.38. The van der Waals surface area contributed by atoms with E-state index in [0.717, 1.165) is 34.7 Å². The van der Waals surface area contributed by atoms with Crippen molar-refractivity contribution in [2.24, 2.45) is 4.99 Å². The third kappa shape index (κ3) is 5.14. The summed E-state index contributed by atoms with van der Waals surface area (Å²) in [4.78, 5) is 19.5. The molecule has 3 aromatic rings. The van der Waals surface area contributed by atoms with E-state index in [1.54, 1.807) is 11.3 Å². The fourth-order valence-electron chi connectivity index (χ4n) is 3.58. The second-order valence-electron chi connectivity index (χ2n) is 7.33. The van der Waals surface area contributed by atoms with E-state index in [9.17, 15) is 18.0 Å². The summed E-state index contributed by atoms with van der Waals surface area (Å²) in [6.45, 7) is 0.865. The van der Waals surface area contributed by atoms with Crippen LogP contribution in [0, 0.1) is 0 Å². The first-order chi connectivity index (χ1) is 14.8. The Kier molecular flexibility index (Phi) is 7.26. The van der Waals surface area contributed by atoms with Crippen LogP contribution < -0.4 is 10.2 Å². The molecule has 0 aliphatic carbocycles. The number of alkyl halides is 3. The number of fused-ring (bicyclic) bond motifs is 1. The van der Waals surface area contributed by atoms with Crippen molar-refractivity contribution in [3.05, 3.63) is 87.6 Å². The standard InChI is InChI=1S/C23H20F3N3OS.ClH/c1-29-13-18(12-27-22(30)15-6-8-17(9-7-15)23(24,25)26)28-21(16-10-11-31-14-16)19-4-2-3-5-20(19)29;/h2-11,14,18H,12-13H2,1H3,(H,27,30);1H. The molecule has 0 spiro atoms. The number of halogens is 4. The van der Waals surface area contributed by atoms with Crippen molar-refractivity contribution in [1.82, 2.24) is 5.32 Å². The SMILES string of the molecule is CN1CC(CNC(=O)c2ccc(C(F)(F)F)cc2)N=C(c2ccsc2)c2ccccc21.Cl. The second-order valence-corrected chi connectivity index (χ2v) is 8.11. The van der Waals surface area contributed by atoms with Gasteiger partial charge in [-0.15, -0.1) is 12.4 Å². The Bertz CT molecular complexity index is 1100. The lowest BCUT2D eigenvalue weighted by Gasteiger charge is -2.22. The smallest absolute Gasteiger partial charge is 0.372 e. The molecule has 0 radical (unpaired) electrons. The van der Waals surface area contributed by atoms with E-state index in [1.165, 1.54) is 12.1 Å². The highest BCUT2D eigenvalue weighted by molar-refractivity contribution is 7.08. The van der Waals surface area contributed by atoms with Crippen LogP contribution in [0.4, 0.5) is 18.9 Å². The van der Waals surface area contributed by atoms with Gasteiger partial charge in [-0.25, -0.2) is 0 Å². The third-order valence-electron chi connectivity index (χ3n) is 5.13. The van der Waals surface area contributed by atoms with E-state index in [0.29, 0.717) is 6.54 Å². The Balaban J connectivity index is 0.00000289. The molecule has 1 unspecified atom stereocenters. The van der Waals surface area contributed by atoms with Crippen LogP contribution in [0.15, 0.2) is 70.3 Å². The summed E-state index contributed by atoms with van der Waals surface area (Å²) < 4.78 is 38.2. The Morgan fingerprint density at radius 2 is 1.88 bits per heavy atom. The summed E-state index contributed by atoms with van der Waals surface area (Å²) in [5, 5.41) is 6.85. The molecule has 32 heavy (non-hydrogen) atoms. The molecule has 0 fully saturated rings. The molecule has 4 nitrogen and oxygen atoms in total. The number of rotatable bonds is 4. The number of nitrogens with zero attached hydrogens (tertiary/aromatic N) is 2. The number of nitrogens with one attached hydrogen (secondary N) is 1. The summed E-state index contributed by atoms with van der Waals surface area (Å²) in [5.74, 6) is -0.426. The zero-order valence-electron chi connectivity index (χ0n) is 17.1. The molecule has 0 saturated heterocycles. The molecule has 168 valence electrons. The number of carbonyl (C=O) groups is 1. The van der Waals surface area contributed by atoms with Gasteiger partial charge in [0.2, 0.25) is 0 Å². The van der Waals surface area contributed by atoms with Crippen LogP contribution >= 0.6 is 23.7 Å². The fourth-order valence-corrected chi connectivity index (χ4v) is 4.22. The van der Waals surface area contributed by atoms with Gasteiger partial charge in [-0.3, -0.25) is 9.79 Å². The van der Waals surface area contributed by atoms with E-state index >= 15 is 0 Å². The van der Waals surface area contributed by atoms with Crippen molar-refractivity contribution >= 4 is 41.1 Å². The van der Waals surface area contributed by atoms with Gasteiger partial charge in [-0.2, -0.15) is 24.5 Å². The lowest BCUT2D eigenvalue weighted by Crippen LogP contribution is -2.37. The van der Waals surface area contributed by atoms with Crippen LogP contribution in [0.1, 0.15) is 27.0 Å². The molecule has 1 N–H and O–H groups in total. The van der Waals surface area contributed by atoms with Gasteiger partial charge in [0.05, 0.1) is 17.3 Å². The van der Waals surface area contributed by atoms with Crippen LogP contribution in [0.3, 0.4) is 0 Å². The van der Waals surface area contributed by atoms with Crippen molar-refractivity contribution < 1.29 is 18.0 Å². The molecule has 4 rings (SSSR count). The number of hydrogen-bond acceptors (Lipinski definition) is 4. The van der Waals surface area contributed by atoms with E-state index in [1.807, 2.05) is 48.1 Å². The summed E-state index contributed by atoms with van der Waals surface area (Å²) in [6.07, 6.45) is -4.43. The number of anilines is 1. The first-order valence-corrected chi connectivity index (χ1v) is 10.6. The predicted molar refractivity (Wildman–Crippen MR) is 124 cm³/mol. The number of aliphatic imine (C=N–C) groups is 1. The largest absolute Gasteiger partial charge is 0.416 e. The second kappa shape index (κ2) is 9.75. The predicted octanol–water partition coefficient (Wildman–Crippen LogP) is 5.27. The average molecular weight is 480 g/mol. The number of para-hydroxylation sites is 1. The maximum absolute atomic E-state index is 12.7. The van der Waals surface area contributed by atoms with Crippen molar-refractivity contribution in [1.29, 1.82) is 0 Å². The van der Waals surface area contributed by atoms with E-state index in [2.05, 4.69) is 10.2 Å². The molecule has 1 aliphatic rings. The van der Waals surface area contributed by atoms with Gasteiger partial charge in [-0.05, 0) is 41.8 Å². The number of carbonyl (C=O) groups excluding carboxylic acids is 1. The van der Waals surface area contributed by atoms with Gasteiger partial charge >= 0.3 is 6.18 Å². The van der Waals surface area contributed by atoms with E-state index in [-0.39, 0.29) is 30.6 Å². The first kappa shape index (κ1) is 23.8. The Hall–Kier alpha value is -2.84. The maximum atomic E-state index is 12.7. The van der Waals surface area contributed by atoms with Crippen LogP contribution in [-0.2, 0) is 6.18 Å². The normalized spacial score (nSPS) is 15.8. The first-order valence-electron chi connectivity index (χ1n) is 9.69. The number of likely N-dealkylation sites (N-methyl/N-ethyl adjacent to an activating group) is 1. The monoisotopic (exact) mass is 479 g/mol. The quantitative estimate of drug-likeness (QED) is 0.553. The average Bonchev–Trinajstić information content (AvgIpc) is 3.25. The summed E-state index contributed by atoms with van der Waals surface area (Å²) in [6, 6.07) is 14.0. The lowest BCUT2D eigenvalue weighted by atomic mass is 10.0. The van der Waals surface area contributed by atoms with Gasteiger partial charge in [-0.1, -0.05) is 18.2 Å².